The maximum Gasteiger partial charge on any atom is 0.258 e. The van der Waals surface area contributed by atoms with Crippen LogP contribution in [0.15, 0.2) is 54.7 Å². The van der Waals surface area contributed by atoms with E-state index < -0.39 is 41.4 Å². The Labute approximate surface area is 433 Å². The number of likely N-dealkylation sites (tertiary alicyclic amines) is 1. The molecule has 1 saturated heterocycles. The smallest absolute Gasteiger partial charge is 0.258 e. The summed E-state index contributed by atoms with van der Waals surface area (Å²) in [6.45, 7) is 12.5. The summed E-state index contributed by atoms with van der Waals surface area (Å²) < 4.78 is 21.9. The molecule has 74 heavy (non-hydrogen) atoms. The summed E-state index contributed by atoms with van der Waals surface area (Å²) in [6.07, 6.45) is 7.45. The summed E-state index contributed by atoms with van der Waals surface area (Å²) in [4.78, 5) is 80.1. The zero-order chi connectivity index (χ0) is 53.7. The van der Waals surface area contributed by atoms with Crippen LogP contribution >= 0.6 is 0 Å². The van der Waals surface area contributed by atoms with Crippen molar-refractivity contribution in [3.8, 4) is 23.2 Å². The van der Waals surface area contributed by atoms with Crippen LogP contribution in [-0.2, 0) is 32.3 Å². The fourth-order valence-corrected chi connectivity index (χ4v) is 9.43. The topological polar surface area (TPSA) is 255 Å². The van der Waals surface area contributed by atoms with Crippen LogP contribution < -0.4 is 37.1 Å². The molecule has 20 heteroatoms. The number of nitrogens with two attached hydrogens (primary N) is 1. The molecule has 1 unspecified atom stereocenters. The van der Waals surface area contributed by atoms with Crippen molar-refractivity contribution < 1.29 is 33.1 Å². The van der Waals surface area contributed by atoms with Crippen molar-refractivity contribution >= 4 is 35.4 Å². The van der Waals surface area contributed by atoms with Gasteiger partial charge >= 0.3 is 0 Å². The van der Waals surface area contributed by atoms with E-state index in [9.17, 15) is 33.6 Å². The minimum absolute atomic E-state index is 0.0119. The Morgan fingerprint density at radius 2 is 1.73 bits per heavy atom. The van der Waals surface area contributed by atoms with Gasteiger partial charge in [0.25, 0.3) is 11.8 Å². The lowest BCUT2D eigenvalue weighted by Gasteiger charge is -2.36. The number of nitrogens with one attached hydrogen (secondary N) is 5. The first-order valence-electron chi connectivity index (χ1n) is 25.8. The van der Waals surface area contributed by atoms with Crippen LogP contribution in [0.1, 0.15) is 144 Å². The monoisotopic (exact) mass is 1020 g/mol. The van der Waals surface area contributed by atoms with Gasteiger partial charge < -0.3 is 46.9 Å². The van der Waals surface area contributed by atoms with Crippen LogP contribution in [0.4, 0.5) is 10.2 Å². The molecule has 0 aliphatic carbocycles. The number of hydrogen-bond donors (Lipinski definition) is 6. The fraction of sp³-hybridized carbons (Fsp3) is 0.537. The minimum atomic E-state index is -0.840. The number of fused-ring (bicyclic) bond motifs is 5. The summed E-state index contributed by atoms with van der Waals surface area (Å²) in [5.74, 6) is -1.91. The van der Waals surface area contributed by atoms with Crippen molar-refractivity contribution in [3.05, 3.63) is 88.6 Å². The highest BCUT2D eigenvalue weighted by atomic mass is 19.1. The zero-order valence-electron chi connectivity index (χ0n) is 44.1. The van der Waals surface area contributed by atoms with Crippen LogP contribution in [0, 0.1) is 22.6 Å². The number of rotatable bonds is 21. The molecule has 1 fully saturated rings. The van der Waals surface area contributed by atoms with Gasteiger partial charge in [-0.2, -0.15) is 10.4 Å². The molecule has 2 aromatic heterocycles. The summed E-state index contributed by atoms with van der Waals surface area (Å²) in [6, 6.07) is 13.5. The number of carbonyl (C=O) groups excluding carboxylic acids is 5. The number of nitrogens with zero attached hydrogens (tertiary/aromatic N) is 7. The second-order valence-electron chi connectivity index (χ2n) is 20.4. The fourth-order valence-electron chi connectivity index (χ4n) is 9.43. The average molecular weight is 1020 g/mol. The number of carbonyl (C=O) groups is 5. The van der Waals surface area contributed by atoms with E-state index in [0.717, 1.165) is 37.7 Å². The van der Waals surface area contributed by atoms with Gasteiger partial charge in [-0.25, -0.2) is 14.4 Å². The Morgan fingerprint density at radius 1 is 1.01 bits per heavy atom. The lowest BCUT2D eigenvalue weighted by Crippen LogP contribution is -2.59. The first kappa shape index (κ1) is 56.3. The largest absolute Gasteiger partial charge is 0.467 e. The molecule has 6 atom stereocenters. The molecular weight excluding hydrogens is 946 g/mol. The second-order valence-corrected chi connectivity index (χ2v) is 20.4. The van der Waals surface area contributed by atoms with Gasteiger partial charge in [-0.15, -0.1) is 0 Å². The Morgan fingerprint density at radius 3 is 2.42 bits per heavy atom. The van der Waals surface area contributed by atoms with Gasteiger partial charge in [-0.3, -0.25) is 28.7 Å². The molecule has 0 saturated carbocycles. The third kappa shape index (κ3) is 14.2. The first-order valence-corrected chi connectivity index (χ1v) is 25.8. The molecule has 5 amide bonds. The molecule has 398 valence electrons. The highest BCUT2D eigenvalue weighted by Gasteiger charge is 2.45. The number of ether oxygens (including phenoxy) is 1. The minimum Gasteiger partial charge on any atom is -0.467 e. The summed E-state index contributed by atoms with van der Waals surface area (Å²) >= 11 is 0. The van der Waals surface area contributed by atoms with Crippen LogP contribution in [0.5, 0.6) is 5.88 Å². The van der Waals surface area contributed by atoms with E-state index >= 15 is 0 Å². The number of unbranched alkanes of at least 4 members (excludes halogenated alkanes) is 5. The standard InChI is InChI=1S/C54H74FN13O6/c1-9-40(35-19-15-14-16-20-35)62-50(71)43-28-37(31-67(43)53(73)47(54(4,5)6)64-49(70)33(2)58-7)59-24-18-13-11-10-12-17-21-45(69)60-25-26-68-44(29-56)46-41-30-61-48(57)51(63-41)74-34(3)39-27-36(55)22-23-38(39)52(72)66(8)32-42(46)65-68/h14-16,19-20,22-23,27,30,33-34,37,40,43,47,58-59H,9-13,17-18,21,24-26,28,31-32H2,1-8H3,(H2,57,61)(H,60,69)(H,62,71)(H,64,70)/t33-,34+,37-,40+,43-,47?/m0/s1. The number of aromatic nitrogens is 4. The van der Waals surface area contributed by atoms with E-state index in [1.54, 1.807) is 32.8 Å². The van der Waals surface area contributed by atoms with E-state index in [-0.39, 0.29) is 84.0 Å². The number of anilines is 1. The van der Waals surface area contributed by atoms with Gasteiger partial charge in [0, 0.05) is 43.7 Å². The maximum atomic E-state index is 14.4. The highest BCUT2D eigenvalue weighted by molar-refractivity contribution is 5.96. The van der Waals surface area contributed by atoms with Crippen molar-refractivity contribution in [1.82, 2.24) is 56.1 Å². The first-order chi connectivity index (χ1) is 35.3. The number of amides is 5. The van der Waals surface area contributed by atoms with E-state index in [1.807, 2.05) is 58.0 Å². The van der Waals surface area contributed by atoms with Crippen LogP contribution in [0.3, 0.4) is 0 Å². The Kier molecular flexibility index (Phi) is 19.6. The number of halogens is 1. The molecule has 6 rings (SSSR count). The number of nitriles is 1. The zero-order valence-corrected chi connectivity index (χ0v) is 44.1. The lowest BCUT2D eigenvalue weighted by molar-refractivity contribution is -0.144. The summed E-state index contributed by atoms with van der Waals surface area (Å²) in [5, 5.41) is 30.7. The van der Waals surface area contributed by atoms with E-state index in [0.29, 0.717) is 55.6 Å². The third-order valence-electron chi connectivity index (χ3n) is 13.8. The number of benzene rings is 2. The predicted molar refractivity (Wildman–Crippen MR) is 278 cm³/mol. The second kappa shape index (κ2) is 25.8. The number of likely N-dealkylation sites (N-methyl/N-ethyl adjacent to an activating group) is 1. The van der Waals surface area contributed by atoms with Crippen molar-refractivity contribution in [2.24, 2.45) is 5.41 Å². The lowest BCUT2D eigenvalue weighted by atomic mass is 9.85. The van der Waals surface area contributed by atoms with E-state index in [1.165, 1.54) is 34.0 Å². The molecule has 2 bridgehead atoms. The van der Waals surface area contributed by atoms with Gasteiger partial charge in [-0.05, 0) is 82.3 Å². The van der Waals surface area contributed by atoms with Crippen molar-refractivity contribution in [3.63, 3.8) is 0 Å². The van der Waals surface area contributed by atoms with Crippen LogP contribution in [0.2, 0.25) is 0 Å². The molecular formula is C54H74FN13O6. The van der Waals surface area contributed by atoms with Crippen LogP contribution in [0.25, 0.3) is 11.3 Å². The van der Waals surface area contributed by atoms with E-state index in [4.69, 9.17) is 15.6 Å². The molecule has 19 nitrogen and oxygen atoms in total. The Hall–Kier alpha value is -6.98. The van der Waals surface area contributed by atoms with Crippen molar-refractivity contribution in [1.29, 1.82) is 5.26 Å². The third-order valence-corrected chi connectivity index (χ3v) is 13.8. The highest BCUT2D eigenvalue weighted by Crippen LogP contribution is 2.34. The number of hydrogen-bond acceptors (Lipinski definition) is 13. The quantitative estimate of drug-likeness (QED) is 0.0567. The molecule has 7 N–H and O–H groups in total. The molecule has 0 spiro atoms. The maximum absolute atomic E-state index is 14.4. The normalized spacial score (nSPS) is 17.8. The summed E-state index contributed by atoms with van der Waals surface area (Å²) in [5.41, 5.74) is 8.17. The SMILES string of the molecule is CC[C@@H](NC(=O)[C@@H]1C[C@H](NCCCCCCCCC(=O)NCCn2nc3c(c2C#N)-c2cnc(N)c(n2)O[C@H](C)c2cc(F)ccc2C(=O)N(C)C3)CN1C(=O)C(NC(=O)[C@H](C)NC)C(C)(C)C)c1ccccc1. The van der Waals surface area contributed by atoms with Crippen LogP contribution in [-0.4, -0.2) is 117 Å². The molecule has 0 radical (unpaired) electrons. The van der Waals surface area contributed by atoms with Gasteiger partial charge in [0.2, 0.25) is 23.6 Å². The predicted octanol–water partition coefficient (Wildman–Crippen LogP) is 5.47. The molecule has 4 heterocycles. The molecule has 2 aliphatic heterocycles. The van der Waals surface area contributed by atoms with Crippen molar-refractivity contribution in [2.75, 3.05) is 39.5 Å². The Bertz CT molecular complexity index is 2650. The van der Waals surface area contributed by atoms with Gasteiger partial charge in [-0.1, -0.05) is 83.7 Å². The van der Waals surface area contributed by atoms with Gasteiger partial charge in [0.15, 0.2) is 5.82 Å². The molecule has 2 aromatic carbocycles. The molecule has 4 aromatic rings. The van der Waals surface area contributed by atoms with E-state index in [2.05, 4.69) is 42.6 Å². The Balaban J connectivity index is 0.969. The summed E-state index contributed by atoms with van der Waals surface area (Å²) in [7, 11) is 3.28. The molecule has 2 aliphatic rings. The average Bonchev–Trinajstić information content (AvgIpc) is 3.97. The number of nitrogen functional groups attached to an aromatic ring is 1. The van der Waals surface area contributed by atoms with Crippen molar-refractivity contribution in [2.45, 2.75) is 149 Å². The van der Waals surface area contributed by atoms with Gasteiger partial charge in [0.1, 0.15) is 35.8 Å². The van der Waals surface area contributed by atoms with Gasteiger partial charge in [0.05, 0.1) is 48.3 Å².